The number of nitrogens with zero attached hydrogens (tertiary/aromatic N) is 1. The van der Waals surface area contributed by atoms with Crippen LogP contribution in [0.5, 0.6) is 17.2 Å². The van der Waals surface area contributed by atoms with Crippen LogP contribution in [0.25, 0.3) is 0 Å². The number of methoxy groups -OCH3 is 2. The minimum atomic E-state index is -0.521. The van der Waals surface area contributed by atoms with E-state index < -0.39 is 5.97 Å². The maximum Gasteiger partial charge on any atom is 0.343 e. The van der Waals surface area contributed by atoms with Crippen molar-refractivity contribution in [3.8, 4) is 17.2 Å². The van der Waals surface area contributed by atoms with Crippen LogP contribution in [0, 0.1) is 0 Å². The number of hydrogen-bond acceptors (Lipinski definition) is 6. The molecule has 34 heavy (non-hydrogen) atoms. The highest BCUT2D eigenvalue weighted by Gasteiger charge is 2.14. The van der Waals surface area contributed by atoms with E-state index in [0.717, 1.165) is 11.1 Å². The van der Waals surface area contributed by atoms with Gasteiger partial charge in [0.15, 0.2) is 11.5 Å². The molecule has 1 N–H and O–H groups in total. The van der Waals surface area contributed by atoms with Gasteiger partial charge in [0.1, 0.15) is 5.75 Å². The van der Waals surface area contributed by atoms with Crippen LogP contribution in [0.1, 0.15) is 52.6 Å². The van der Waals surface area contributed by atoms with Crippen LogP contribution in [0.15, 0.2) is 71.8 Å². The molecule has 0 radical (unpaired) electrons. The fourth-order valence-electron chi connectivity index (χ4n) is 3.10. The van der Waals surface area contributed by atoms with E-state index in [1.165, 1.54) is 20.4 Å². The quantitative estimate of drug-likeness (QED) is 0.232. The second-order valence-corrected chi connectivity index (χ2v) is 8.55. The smallest absolute Gasteiger partial charge is 0.343 e. The topological polar surface area (TPSA) is 86.2 Å². The fourth-order valence-corrected chi connectivity index (χ4v) is 3.10. The molecule has 3 aromatic carbocycles. The molecule has 7 heteroatoms. The predicted molar refractivity (Wildman–Crippen MR) is 131 cm³/mol. The molecule has 0 bridgehead atoms. The van der Waals surface area contributed by atoms with Gasteiger partial charge in [-0.15, -0.1) is 0 Å². The summed E-state index contributed by atoms with van der Waals surface area (Å²) in [4.78, 5) is 24.7. The number of hydrogen-bond donors (Lipinski definition) is 1. The Morgan fingerprint density at radius 1 is 0.824 bits per heavy atom. The molecule has 1 amide bonds. The van der Waals surface area contributed by atoms with Gasteiger partial charge in [-0.05, 0) is 71.1 Å². The van der Waals surface area contributed by atoms with Gasteiger partial charge in [0.25, 0.3) is 5.91 Å². The van der Waals surface area contributed by atoms with E-state index in [-0.39, 0.29) is 11.3 Å². The molecule has 3 rings (SSSR count). The summed E-state index contributed by atoms with van der Waals surface area (Å²) >= 11 is 0. The third-order valence-corrected chi connectivity index (χ3v) is 5.10. The van der Waals surface area contributed by atoms with Gasteiger partial charge >= 0.3 is 5.97 Å². The SMILES string of the molecule is COc1ccc(C(=O)Oc2ccc(/C=N\NC(=O)c3ccc(C(C)(C)C)cc3)cc2)cc1OC. The van der Waals surface area contributed by atoms with E-state index >= 15 is 0 Å². The molecule has 3 aromatic rings. The first kappa shape index (κ1) is 24.5. The molecule has 176 valence electrons. The molecule has 0 aliphatic carbocycles. The number of hydrazone groups is 1. The van der Waals surface area contributed by atoms with Crippen molar-refractivity contribution in [1.82, 2.24) is 5.43 Å². The van der Waals surface area contributed by atoms with E-state index in [1.54, 1.807) is 54.6 Å². The summed E-state index contributed by atoms with van der Waals surface area (Å²) in [6.07, 6.45) is 1.52. The zero-order chi connectivity index (χ0) is 24.7. The van der Waals surface area contributed by atoms with Crippen molar-refractivity contribution in [3.05, 3.63) is 89.0 Å². The Morgan fingerprint density at radius 3 is 2.03 bits per heavy atom. The van der Waals surface area contributed by atoms with Crippen LogP contribution in [0.4, 0.5) is 0 Å². The van der Waals surface area contributed by atoms with Gasteiger partial charge in [-0.1, -0.05) is 32.9 Å². The third-order valence-electron chi connectivity index (χ3n) is 5.10. The average Bonchev–Trinajstić information content (AvgIpc) is 2.84. The van der Waals surface area contributed by atoms with Gasteiger partial charge in [0, 0.05) is 5.56 Å². The standard InChI is InChI=1S/C27H28N2O5/c1-27(2,3)21-11-8-19(9-12-21)25(30)29-28-17-18-6-13-22(14-7-18)34-26(31)20-10-15-23(32-4)24(16-20)33-5/h6-17H,1-5H3,(H,29,30)/b28-17-. The molecule has 0 saturated carbocycles. The Hall–Kier alpha value is -4.13. The minimum Gasteiger partial charge on any atom is -0.493 e. The fraction of sp³-hybridized carbons (Fsp3) is 0.222. The highest BCUT2D eigenvalue weighted by Crippen LogP contribution is 2.28. The summed E-state index contributed by atoms with van der Waals surface area (Å²) in [5.41, 5.74) is 5.29. The summed E-state index contributed by atoms with van der Waals surface area (Å²) in [6.45, 7) is 6.36. The third kappa shape index (κ3) is 6.22. The van der Waals surface area contributed by atoms with E-state index in [4.69, 9.17) is 14.2 Å². The second kappa shape index (κ2) is 10.7. The number of ether oxygens (including phenoxy) is 3. The molecule has 0 heterocycles. The Kier molecular flexibility index (Phi) is 7.68. The molecule has 7 nitrogen and oxygen atoms in total. The Balaban J connectivity index is 1.57. The lowest BCUT2D eigenvalue weighted by Crippen LogP contribution is -2.18. The number of carbonyl (C=O) groups is 2. The first-order valence-corrected chi connectivity index (χ1v) is 10.7. The zero-order valence-corrected chi connectivity index (χ0v) is 19.9. The first-order chi connectivity index (χ1) is 16.2. The monoisotopic (exact) mass is 460 g/mol. The number of nitrogens with one attached hydrogen (secondary N) is 1. The lowest BCUT2D eigenvalue weighted by Gasteiger charge is -2.18. The number of rotatable bonds is 7. The zero-order valence-electron chi connectivity index (χ0n) is 19.9. The van der Waals surface area contributed by atoms with Crippen molar-refractivity contribution in [3.63, 3.8) is 0 Å². The minimum absolute atomic E-state index is 0.0230. The second-order valence-electron chi connectivity index (χ2n) is 8.55. The van der Waals surface area contributed by atoms with Crippen molar-refractivity contribution in [1.29, 1.82) is 0 Å². The van der Waals surface area contributed by atoms with Gasteiger partial charge in [0.2, 0.25) is 0 Å². The molecule has 0 unspecified atom stereocenters. The van der Waals surface area contributed by atoms with Crippen molar-refractivity contribution >= 4 is 18.1 Å². The normalized spacial score (nSPS) is 11.2. The van der Waals surface area contributed by atoms with Gasteiger partial charge in [-0.25, -0.2) is 10.2 Å². The van der Waals surface area contributed by atoms with E-state index in [1.807, 2.05) is 12.1 Å². The maximum atomic E-state index is 12.4. The molecule has 0 aromatic heterocycles. The molecule has 0 fully saturated rings. The molecule has 0 atom stereocenters. The summed E-state index contributed by atoms with van der Waals surface area (Å²) < 4.78 is 15.8. The molecular weight excluding hydrogens is 432 g/mol. The summed E-state index contributed by atoms with van der Waals surface area (Å²) in [5.74, 6) is 0.525. The average molecular weight is 461 g/mol. The Labute approximate surface area is 199 Å². The highest BCUT2D eigenvalue weighted by molar-refractivity contribution is 5.95. The van der Waals surface area contributed by atoms with Crippen LogP contribution in [0.3, 0.4) is 0 Å². The van der Waals surface area contributed by atoms with Crippen LogP contribution >= 0.6 is 0 Å². The number of benzene rings is 3. The molecular formula is C27H28N2O5. The number of amides is 1. The Morgan fingerprint density at radius 2 is 1.44 bits per heavy atom. The van der Waals surface area contributed by atoms with Crippen molar-refractivity contribution in [2.24, 2.45) is 5.10 Å². The van der Waals surface area contributed by atoms with E-state index in [9.17, 15) is 9.59 Å². The number of carbonyl (C=O) groups excluding carboxylic acids is 2. The van der Waals surface area contributed by atoms with Crippen LogP contribution in [-0.4, -0.2) is 32.3 Å². The number of esters is 1. The largest absolute Gasteiger partial charge is 0.493 e. The lowest BCUT2D eigenvalue weighted by molar-refractivity contribution is 0.0734. The van der Waals surface area contributed by atoms with E-state index in [2.05, 4.69) is 31.3 Å². The molecule has 0 spiro atoms. The maximum absolute atomic E-state index is 12.4. The van der Waals surface area contributed by atoms with Crippen molar-refractivity contribution in [2.45, 2.75) is 26.2 Å². The first-order valence-electron chi connectivity index (χ1n) is 10.7. The van der Waals surface area contributed by atoms with Crippen LogP contribution < -0.4 is 19.6 Å². The molecule has 0 saturated heterocycles. The van der Waals surface area contributed by atoms with Crippen molar-refractivity contribution < 1.29 is 23.8 Å². The van der Waals surface area contributed by atoms with Gasteiger partial charge in [-0.2, -0.15) is 5.10 Å². The lowest BCUT2D eigenvalue weighted by atomic mass is 9.87. The predicted octanol–water partition coefficient (Wildman–Crippen LogP) is 4.98. The molecule has 0 aliphatic heterocycles. The van der Waals surface area contributed by atoms with Gasteiger partial charge in [-0.3, -0.25) is 4.79 Å². The summed E-state index contributed by atoms with van der Waals surface area (Å²) in [7, 11) is 3.02. The summed E-state index contributed by atoms with van der Waals surface area (Å²) in [6, 6.07) is 19.0. The van der Waals surface area contributed by atoms with Gasteiger partial charge < -0.3 is 14.2 Å². The van der Waals surface area contributed by atoms with Crippen LogP contribution in [0.2, 0.25) is 0 Å². The van der Waals surface area contributed by atoms with E-state index in [0.29, 0.717) is 28.4 Å². The summed E-state index contributed by atoms with van der Waals surface area (Å²) in [5, 5.41) is 4.00. The van der Waals surface area contributed by atoms with Crippen molar-refractivity contribution in [2.75, 3.05) is 14.2 Å². The molecule has 0 aliphatic rings. The van der Waals surface area contributed by atoms with Gasteiger partial charge in [0.05, 0.1) is 26.0 Å². The van der Waals surface area contributed by atoms with Crippen LogP contribution in [-0.2, 0) is 5.41 Å². The highest BCUT2D eigenvalue weighted by atomic mass is 16.5. The Bertz CT molecular complexity index is 1180.